The molecule has 2 heteroatoms. The van der Waals surface area contributed by atoms with Gasteiger partial charge in [0, 0.05) is 9.79 Å². The highest BCUT2D eigenvalue weighted by Gasteiger charge is 1.97. The molecule has 0 radical (unpaired) electrons. The molecule has 0 heterocycles. The number of hydrogen-bond acceptors (Lipinski definition) is 2. The fourth-order valence-electron chi connectivity index (χ4n) is 1.04. The predicted molar refractivity (Wildman–Crippen MR) is 54.9 cm³/mol. The van der Waals surface area contributed by atoms with Gasteiger partial charge in [0.25, 0.3) is 0 Å². The molecule has 0 aromatic heterocycles. The number of rotatable bonds is 2. The largest absolute Gasteiger partial charge is 0.143 e. The maximum atomic E-state index is 4.35. The molecule has 0 bridgehead atoms. The van der Waals surface area contributed by atoms with Gasteiger partial charge in [-0.25, -0.2) is 0 Å². The molecule has 0 unspecified atom stereocenters. The van der Waals surface area contributed by atoms with Gasteiger partial charge in [0.15, 0.2) is 0 Å². The number of thiol groups is 2. The van der Waals surface area contributed by atoms with Crippen molar-refractivity contribution in [3.05, 3.63) is 23.8 Å². The molecular weight excluding hydrogens is 172 g/mol. The first-order valence-corrected chi connectivity index (χ1v) is 4.64. The summed E-state index contributed by atoms with van der Waals surface area (Å²) in [6.45, 7) is 2.17. The lowest BCUT2D eigenvalue weighted by Gasteiger charge is -2.03. The Kier molecular flexibility index (Phi) is 3.34. The number of hydrogen-bond donors (Lipinski definition) is 2. The van der Waals surface area contributed by atoms with Crippen molar-refractivity contribution in [3.63, 3.8) is 0 Å². The average Bonchev–Trinajstić information content (AvgIpc) is 1.98. The van der Waals surface area contributed by atoms with Crippen LogP contribution in [-0.2, 0) is 6.42 Å². The third-order valence-electron chi connectivity index (χ3n) is 1.58. The first kappa shape index (κ1) is 9.01. The molecule has 11 heavy (non-hydrogen) atoms. The second kappa shape index (κ2) is 4.07. The molecule has 0 fully saturated rings. The Morgan fingerprint density at radius 2 is 2.00 bits per heavy atom. The summed E-state index contributed by atoms with van der Waals surface area (Å²) in [5, 5.41) is 0. The Morgan fingerprint density at radius 1 is 1.27 bits per heavy atom. The van der Waals surface area contributed by atoms with Crippen molar-refractivity contribution in [1.82, 2.24) is 0 Å². The quantitative estimate of drug-likeness (QED) is 0.648. The normalized spacial score (nSPS) is 10.1. The Hall–Kier alpha value is -0.0800. The lowest BCUT2D eigenvalue weighted by molar-refractivity contribution is 0.896. The van der Waals surface area contributed by atoms with Crippen molar-refractivity contribution < 1.29 is 0 Å². The molecule has 0 nitrogen and oxygen atoms in total. The van der Waals surface area contributed by atoms with Gasteiger partial charge in [-0.1, -0.05) is 13.3 Å². The van der Waals surface area contributed by atoms with Gasteiger partial charge >= 0.3 is 0 Å². The van der Waals surface area contributed by atoms with E-state index in [0.29, 0.717) is 0 Å². The highest BCUT2D eigenvalue weighted by molar-refractivity contribution is 7.80. The molecule has 0 aliphatic heterocycles. The van der Waals surface area contributed by atoms with Gasteiger partial charge in [0.1, 0.15) is 0 Å². The molecule has 1 rings (SSSR count). The molecule has 0 aliphatic rings. The zero-order valence-corrected chi connectivity index (χ0v) is 8.33. The number of benzene rings is 1. The fourth-order valence-corrected chi connectivity index (χ4v) is 1.52. The minimum atomic E-state index is 1.02. The molecule has 0 amide bonds. The fraction of sp³-hybridized carbons (Fsp3) is 0.333. The SMILES string of the molecule is CCCc1cc(S)ccc1S. The van der Waals surface area contributed by atoms with Crippen molar-refractivity contribution >= 4 is 25.3 Å². The molecule has 1 aromatic rings. The van der Waals surface area contributed by atoms with Gasteiger partial charge in [0.2, 0.25) is 0 Å². The van der Waals surface area contributed by atoms with E-state index < -0.39 is 0 Å². The topological polar surface area (TPSA) is 0 Å². The molecule has 60 valence electrons. The van der Waals surface area contributed by atoms with Gasteiger partial charge in [-0.05, 0) is 30.2 Å². The molecule has 0 spiro atoms. The first-order valence-electron chi connectivity index (χ1n) is 3.75. The van der Waals surface area contributed by atoms with Crippen molar-refractivity contribution in [2.75, 3.05) is 0 Å². The summed E-state index contributed by atoms with van der Waals surface area (Å²) < 4.78 is 0. The summed E-state index contributed by atoms with van der Waals surface area (Å²) in [6, 6.07) is 6.04. The predicted octanol–water partition coefficient (Wildman–Crippen LogP) is 3.22. The molecular formula is C9H12S2. The third kappa shape index (κ3) is 2.46. The van der Waals surface area contributed by atoms with Gasteiger partial charge in [-0.3, -0.25) is 0 Å². The standard InChI is InChI=1S/C9H12S2/c1-2-3-7-6-8(10)4-5-9(7)11/h4-6,10-11H,2-3H2,1H3. The van der Waals surface area contributed by atoms with Crippen LogP contribution in [0.2, 0.25) is 0 Å². The smallest absolute Gasteiger partial charge is 0.00728 e. The van der Waals surface area contributed by atoms with Crippen LogP contribution in [0.15, 0.2) is 28.0 Å². The maximum Gasteiger partial charge on any atom is 0.00728 e. The van der Waals surface area contributed by atoms with Crippen molar-refractivity contribution in [2.45, 2.75) is 29.6 Å². The van der Waals surface area contributed by atoms with Gasteiger partial charge < -0.3 is 0 Å². The van der Waals surface area contributed by atoms with E-state index in [-0.39, 0.29) is 0 Å². The minimum absolute atomic E-state index is 1.02. The van der Waals surface area contributed by atoms with Crippen LogP contribution in [0.4, 0.5) is 0 Å². The molecule has 1 aromatic carbocycles. The van der Waals surface area contributed by atoms with Crippen molar-refractivity contribution in [1.29, 1.82) is 0 Å². The Balaban J connectivity index is 2.93. The zero-order chi connectivity index (χ0) is 8.27. The van der Waals surface area contributed by atoms with Crippen LogP contribution >= 0.6 is 25.3 Å². The first-order chi connectivity index (χ1) is 5.24. The summed E-state index contributed by atoms with van der Waals surface area (Å²) in [7, 11) is 0. The summed E-state index contributed by atoms with van der Waals surface area (Å²) in [5.74, 6) is 0. The summed E-state index contributed by atoms with van der Waals surface area (Å²) in [6.07, 6.45) is 2.25. The molecule has 0 atom stereocenters. The highest BCUT2D eigenvalue weighted by atomic mass is 32.1. The second-order valence-electron chi connectivity index (χ2n) is 2.56. The van der Waals surface area contributed by atoms with E-state index in [4.69, 9.17) is 0 Å². The molecule has 0 aliphatic carbocycles. The van der Waals surface area contributed by atoms with Crippen LogP contribution in [0.1, 0.15) is 18.9 Å². The van der Waals surface area contributed by atoms with E-state index in [1.807, 2.05) is 12.1 Å². The lowest BCUT2D eigenvalue weighted by Crippen LogP contribution is -1.85. The summed E-state index contributed by atoms with van der Waals surface area (Å²) >= 11 is 8.61. The van der Waals surface area contributed by atoms with Crippen LogP contribution < -0.4 is 0 Å². The van der Waals surface area contributed by atoms with E-state index in [0.717, 1.165) is 22.6 Å². The van der Waals surface area contributed by atoms with Gasteiger partial charge in [0.05, 0.1) is 0 Å². The molecule has 0 saturated heterocycles. The van der Waals surface area contributed by atoms with Crippen LogP contribution in [0, 0.1) is 0 Å². The maximum absolute atomic E-state index is 4.35. The van der Waals surface area contributed by atoms with Crippen LogP contribution in [0.5, 0.6) is 0 Å². The van der Waals surface area contributed by atoms with Crippen LogP contribution in [0.3, 0.4) is 0 Å². The van der Waals surface area contributed by atoms with E-state index in [1.54, 1.807) is 0 Å². The van der Waals surface area contributed by atoms with Gasteiger partial charge in [-0.15, -0.1) is 25.3 Å². The minimum Gasteiger partial charge on any atom is -0.143 e. The van der Waals surface area contributed by atoms with Crippen LogP contribution in [-0.4, -0.2) is 0 Å². The van der Waals surface area contributed by atoms with Gasteiger partial charge in [-0.2, -0.15) is 0 Å². The monoisotopic (exact) mass is 184 g/mol. The average molecular weight is 184 g/mol. The summed E-state index contributed by atoms with van der Waals surface area (Å²) in [4.78, 5) is 2.09. The second-order valence-corrected chi connectivity index (χ2v) is 3.56. The third-order valence-corrected chi connectivity index (χ3v) is 2.30. The highest BCUT2D eigenvalue weighted by Crippen LogP contribution is 2.19. The molecule has 0 saturated carbocycles. The van der Waals surface area contributed by atoms with Crippen molar-refractivity contribution in [2.24, 2.45) is 0 Å². The Bertz CT molecular complexity index is 243. The Morgan fingerprint density at radius 3 is 2.64 bits per heavy atom. The van der Waals surface area contributed by atoms with Crippen LogP contribution in [0.25, 0.3) is 0 Å². The zero-order valence-electron chi connectivity index (χ0n) is 6.54. The summed E-state index contributed by atoms with van der Waals surface area (Å²) in [5.41, 5.74) is 1.29. The van der Waals surface area contributed by atoms with E-state index in [9.17, 15) is 0 Å². The van der Waals surface area contributed by atoms with E-state index >= 15 is 0 Å². The van der Waals surface area contributed by atoms with E-state index in [2.05, 4.69) is 38.2 Å². The Labute approximate surface area is 78.8 Å². The lowest BCUT2D eigenvalue weighted by atomic mass is 10.1. The van der Waals surface area contributed by atoms with Crippen molar-refractivity contribution in [3.8, 4) is 0 Å². The van der Waals surface area contributed by atoms with E-state index in [1.165, 1.54) is 5.56 Å². The number of aryl methyl sites for hydroxylation is 1. The molecule has 0 N–H and O–H groups in total.